The van der Waals surface area contributed by atoms with E-state index >= 15 is 0 Å². The van der Waals surface area contributed by atoms with Crippen molar-refractivity contribution in [3.8, 4) is 6.07 Å². The van der Waals surface area contributed by atoms with Gasteiger partial charge in [-0.15, -0.1) is 0 Å². The predicted molar refractivity (Wildman–Crippen MR) is 93.1 cm³/mol. The van der Waals surface area contributed by atoms with E-state index in [4.69, 9.17) is 5.26 Å². The van der Waals surface area contributed by atoms with E-state index in [1.54, 1.807) is 6.07 Å². The summed E-state index contributed by atoms with van der Waals surface area (Å²) in [5.74, 6) is 0. The number of nitrogens with zero attached hydrogens (tertiary/aromatic N) is 2. The van der Waals surface area contributed by atoms with Crippen LogP contribution in [0.15, 0.2) is 54.6 Å². The molecule has 3 nitrogen and oxygen atoms in total. The van der Waals surface area contributed by atoms with Crippen LogP contribution in [0.2, 0.25) is 0 Å². The molecule has 2 heterocycles. The fraction of sp³-hybridized carbons (Fsp3) is 0.381. The summed E-state index contributed by atoms with van der Waals surface area (Å²) < 4.78 is 0. The largest absolute Gasteiger partial charge is 0.385 e. The van der Waals surface area contributed by atoms with Gasteiger partial charge in [0.25, 0.3) is 0 Å². The molecular formula is C21H22N2O. The number of piperidine rings is 1. The Morgan fingerprint density at radius 2 is 1.75 bits per heavy atom. The molecule has 2 aromatic rings. The van der Waals surface area contributed by atoms with Crippen LogP contribution in [0, 0.1) is 11.3 Å². The number of benzene rings is 2. The van der Waals surface area contributed by atoms with Gasteiger partial charge in [0, 0.05) is 18.6 Å². The summed E-state index contributed by atoms with van der Waals surface area (Å²) in [5.41, 5.74) is 2.07. The van der Waals surface area contributed by atoms with Crippen molar-refractivity contribution in [2.75, 3.05) is 0 Å². The van der Waals surface area contributed by atoms with E-state index in [9.17, 15) is 5.11 Å². The van der Waals surface area contributed by atoms with Crippen molar-refractivity contribution in [2.24, 2.45) is 0 Å². The molecule has 0 radical (unpaired) electrons. The SMILES string of the molecule is N#Cc1cccc(C2(O)CC3CCC(C2)N3Cc2ccccc2)c1. The molecule has 2 bridgehead atoms. The topological polar surface area (TPSA) is 47.3 Å². The Bertz CT molecular complexity index is 751. The molecule has 0 aromatic heterocycles. The van der Waals surface area contributed by atoms with Gasteiger partial charge in [0.15, 0.2) is 0 Å². The van der Waals surface area contributed by atoms with E-state index in [0.29, 0.717) is 17.6 Å². The molecule has 122 valence electrons. The summed E-state index contributed by atoms with van der Waals surface area (Å²) in [7, 11) is 0. The van der Waals surface area contributed by atoms with Gasteiger partial charge in [0.1, 0.15) is 0 Å². The summed E-state index contributed by atoms with van der Waals surface area (Å²) in [6.07, 6.45) is 3.81. The zero-order valence-electron chi connectivity index (χ0n) is 13.7. The van der Waals surface area contributed by atoms with Crippen LogP contribution < -0.4 is 0 Å². The Morgan fingerprint density at radius 1 is 1.04 bits per heavy atom. The quantitative estimate of drug-likeness (QED) is 0.941. The highest BCUT2D eigenvalue weighted by Crippen LogP contribution is 2.46. The molecule has 2 aliphatic rings. The minimum atomic E-state index is -0.800. The average molecular weight is 318 g/mol. The second kappa shape index (κ2) is 6.05. The van der Waals surface area contributed by atoms with Crippen LogP contribution in [-0.2, 0) is 12.1 Å². The molecule has 2 aromatic carbocycles. The number of hydrogen-bond acceptors (Lipinski definition) is 3. The first kappa shape index (κ1) is 15.4. The monoisotopic (exact) mass is 318 g/mol. The minimum absolute atomic E-state index is 0.416. The normalized spacial score (nSPS) is 29.3. The summed E-state index contributed by atoms with van der Waals surface area (Å²) >= 11 is 0. The van der Waals surface area contributed by atoms with Gasteiger partial charge in [0.05, 0.1) is 17.2 Å². The Kier molecular flexibility index (Phi) is 3.88. The third-order valence-electron chi connectivity index (χ3n) is 5.65. The Morgan fingerprint density at radius 3 is 2.42 bits per heavy atom. The lowest BCUT2D eigenvalue weighted by Crippen LogP contribution is -2.49. The molecule has 24 heavy (non-hydrogen) atoms. The minimum Gasteiger partial charge on any atom is -0.385 e. The predicted octanol–water partition coefficient (Wildman–Crippen LogP) is 3.57. The molecule has 2 aliphatic heterocycles. The van der Waals surface area contributed by atoms with Crippen molar-refractivity contribution in [3.63, 3.8) is 0 Å². The number of aliphatic hydroxyl groups is 1. The molecule has 0 spiro atoms. The zero-order chi connectivity index (χ0) is 16.6. The van der Waals surface area contributed by atoms with Crippen molar-refractivity contribution >= 4 is 0 Å². The zero-order valence-corrected chi connectivity index (χ0v) is 13.7. The lowest BCUT2D eigenvalue weighted by Gasteiger charge is -2.44. The maximum atomic E-state index is 11.3. The van der Waals surface area contributed by atoms with E-state index in [0.717, 1.165) is 37.8 Å². The smallest absolute Gasteiger partial charge is 0.0991 e. The third kappa shape index (κ3) is 2.73. The molecule has 0 saturated carbocycles. The maximum Gasteiger partial charge on any atom is 0.0991 e. The first-order valence-electron chi connectivity index (χ1n) is 8.71. The van der Waals surface area contributed by atoms with Gasteiger partial charge in [-0.1, -0.05) is 42.5 Å². The summed E-state index contributed by atoms with van der Waals surface area (Å²) in [4.78, 5) is 2.57. The van der Waals surface area contributed by atoms with Gasteiger partial charge in [-0.2, -0.15) is 5.26 Å². The second-order valence-electron chi connectivity index (χ2n) is 7.18. The van der Waals surface area contributed by atoms with Crippen molar-refractivity contribution in [2.45, 2.75) is 49.9 Å². The first-order valence-corrected chi connectivity index (χ1v) is 8.71. The van der Waals surface area contributed by atoms with Gasteiger partial charge < -0.3 is 5.11 Å². The summed E-state index contributed by atoms with van der Waals surface area (Å²) in [6.45, 7) is 0.963. The first-order chi connectivity index (χ1) is 11.7. The number of nitriles is 1. The highest BCUT2D eigenvalue weighted by Gasteiger charge is 2.48. The molecule has 0 aliphatic carbocycles. The Labute approximate surface area is 143 Å². The fourth-order valence-corrected chi connectivity index (χ4v) is 4.48. The van der Waals surface area contributed by atoms with Gasteiger partial charge >= 0.3 is 0 Å². The van der Waals surface area contributed by atoms with Gasteiger partial charge in [0.2, 0.25) is 0 Å². The lowest BCUT2D eigenvalue weighted by molar-refractivity contribution is -0.0595. The highest BCUT2D eigenvalue weighted by molar-refractivity contribution is 5.36. The van der Waals surface area contributed by atoms with E-state index in [1.165, 1.54) is 5.56 Å². The van der Waals surface area contributed by atoms with E-state index in [2.05, 4.69) is 41.3 Å². The van der Waals surface area contributed by atoms with Crippen molar-refractivity contribution in [3.05, 3.63) is 71.3 Å². The maximum absolute atomic E-state index is 11.3. The van der Waals surface area contributed by atoms with Crippen molar-refractivity contribution in [1.29, 1.82) is 5.26 Å². The summed E-state index contributed by atoms with van der Waals surface area (Å²) in [6, 6.07) is 21.1. The third-order valence-corrected chi connectivity index (χ3v) is 5.65. The molecule has 2 unspecified atom stereocenters. The molecule has 2 saturated heterocycles. The molecule has 1 N–H and O–H groups in total. The number of fused-ring (bicyclic) bond motifs is 2. The molecule has 2 fully saturated rings. The molecule has 2 atom stereocenters. The molecule has 3 heteroatoms. The van der Waals surface area contributed by atoms with Crippen LogP contribution >= 0.6 is 0 Å². The average Bonchev–Trinajstić information content (AvgIpc) is 2.86. The molecule has 0 amide bonds. The molecule has 4 rings (SSSR count). The molecular weight excluding hydrogens is 296 g/mol. The van der Waals surface area contributed by atoms with Crippen LogP contribution in [0.1, 0.15) is 42.4 Å². The lowest BCUT2D eigenvalue weighted by atomic mass is 9.80. The van der Waals surface area contributed by atoms with Crippen LogP contribution in [-0.4, -0.2) is 22.1 Å². The van der Waals surface area contributed by atoms with Crippen LogP contribution in [0.4, 0.5) is 0 Å². The Balaban J connectivity index is 1.56. The van der Waals surface area contributed by atoms with Crippen LogP contribution in [0.3, 0.4) is 0 Å². The van der Waals surface area contributed by atoms with Crippen molar-refractivity contribution < 1.29 is 5.11 Å². The summed E-state index contributed by atoms with van der Waals surface area (Å²) in [5, 5.41) is 20.4. The fourth-order valence-electron chi connectivity index (χ4n) is 4.48. The highest BCUT2D eigenvalue weighted by atomic mass is 16.3. The van der Waals surface area contributed by atoms with E-state index < -0.39 is 5.60 Å². The van der Waals surface area contributed by atoms with Crippen molar-refractivity contribution in [1.82, 2.24) is 4.90 Å². The number of rotatable bonds is 3. The van der Waals surface area contributed by atoms with Crippen LogP contribution in [0.5, 0.6) is 0 Å². The van der Waals surface area contributed by atoms with Crippen LogP contribution in [0.25, 0.3) is 0 Å². The van der Waals surface area contributed by atoms with E-state index in [1.807, 2.05) is 18.2 Å². The number of hydrogen-bond donors (Lipinski definition) is 1. The van der Waals surface area contributed by atoms with E-state index in [-0.39, 0.29) is 0 Å². The Hall–Kier alpha value is -2.15. The van der Waals surface area contributed by atoms with Gasteiger partial charge in [-0.25, -0.2) is 0 Å². The van der Waals surface area contributed by atoms with Gasteiger partial charge in [-0.3, -0.25) is 4.90 Å². The second-order valence-corrected chi connectivity index (χ2v) is 7.18. The standard InChI is InChI=1S/C21H22N2O/c22-14-17-7-4-8-18(11-17)21(24)12-19-9-10-20(13-21)23(19)15-16-5-2-1-3-6-16/h1-8,11,19-20,24H,9-10,12-13,15H2. The van der Waals surface area contributed by atoms with Gasteiger partial charge in [-0.05, 0) is 48.9 Å².